The molecule has 35 heavy (non-hydrogen) atoms. The number of nitrogens with one attached hydrogen (secondary N) is 2. The molecule has 0 spiro atoms. The van der Waals surface area contributed by atoms with Crippen molar-refractivity contribution < 1.29 is 23.8 Å². The van der Waals surface area contributed by atoms with Crippen molar-refractivity contribution in [2.45, 2.75) is 52.4 Å². The van der Waals surface area contributed by atoms with Gasteiger partial charge in [0.05, 0.1) is 4.88 Å². The normalized spacial score (nSPS) is 12.7. The Morgan fingerprint density at radius 3 is 2.63 bits per heavy atom. The van der Waals surface area contributed by atoms with Crippen LogP contribution in [-0.2, 0) is 16.2 Å². The maximum absolute atomic E-state index is 13.4. The third-order valence-corrected chi connectivity index (χ3v) is 6.27. The molecule has 0 saturated heterocycles. The average Bonchev–Trinajstić information content (AvgIpc) is 3.30. The number of amides is 2. The fraction of sp³-hybridized carbons (Fsp3) is 0.346. The predicted molar refractivity (Wildman–Crippen MR) is 135 cm³/mol. The first-order valence-electron chi connectivity index (χ1n) is 11.5. The summed E-state index contributed by atoms with van der Waals surface area (Å²) in [5.74, 6) is -1.15. The van der Waals surface area contributed by atoms with E-state index in [4.69, 9.17) is 4.74 Å². The van der Waals surface area contributed by atoms with Gasteiger partial charge in [-0.1, -0.05) is 68.9 Å². The lowest BCUT2D eigenvalue weighted by molar-refractivity contribution is -0.134. The molecule has 0 radical (unpaired) electrons. The zero-order chi connectivity index (χ0) is 25.4. The average molecular weight is 500 g/mol. The maximum Gasteiger partial charge on any atom is 0.249 e. The quantitative estimate of drug-likeness (QED) is 0.353. The maximum atomic E-state index is 13.4. The SMILES string of the molecule is CCC[C@H](NC(=O)[C@@H](O)C(C)C)C(=O)Nc1ncc(-c2ccccc2COc2cccc(F)c2)s1. The van der Waals surface area contributed by atoms with Crippen molar-refractivity contribution in [3.63, 3.8) is 0 Å². The predicted octanol–water partition coefficient (Wildman–Crippen LogP) is 4.77. The van der Waals surface area contributed by atoms with E-state index >= 15 is 0 Å². The smallest absolute Gasteiger partial charge is 0.249 e. The number of halogens is 1. The van der Waals surface area contributed by atoms with Crippen LogP contribution < -0.4 is 15.4 Å². The van der Waals surface area contributed by atoms with Gasteiger partial charge in [0.15, 0.2) is 5.13 Å². The van der Waals surface area contributed by atoms with E-state index in [9.17, 15) is 19.1 Å². The van der Waals surface area contributed by atoms with Crippen LogP contribution in [0.25, 0.3) is 10.4 Å². The number of nitrogens with zero attached hydrogens (tertiary/aromatic N) is 1. The Balaban J connectivity index is 1.69. The molecule has 9 heteroatoms. The minimum absolute atomic E-state index is 0.238. The molecule has 3 aromatic rings. The zero-order valence-electron chi connectivity index (χ0n) is 20.0. The largest absolute Gasteiger partial charge is 0.489 e. The summed E-state index contributed by atoms with van der Waals surface area (Å²) in [6.45, 7) is 5.62. The number of thiazole rings is 1. The summed E-state index contributed by atoms with van der Waals surface area (Å²) in [7, 11) is 0. The van der Waals surface area contributed by atoms with Crippen LogP contribution in [0.4, 0.5) is 9.52 Å². The first-order valence-corrected chi connectivity index (χ1v) is 12.3. The Morgan fingerprint density at radius 2 is 1.91 bits per heavy atom. The number of aliphatic hydroxyl groups excluding tert-OH is 1. The Hall–Kier alpha value is -3.30. The van der Waals surface area contributed by atoms with Gasteiger partial charge in [-0.3, -0.25) is 9.59 Å². The lowest BCUT2D eigenvalue weighted by Crippen LogP contribution is -2.48. The summed E-state index contributed by atoms with van der Waals surface area (Å²) in [6.07, 6.45) is 1.59. The molecule has 0 fully saturated rings. The van der Waals surface area contributed by atoms with Gasteiger partial charge in [-0.25, -0.2) is 9.37 Å². The molecular weight excluding hydrogens is 469 g/mol. The van der Waals surface area contributed by atoms with Crippen molar-refractivity contribution in [2.75, 3.05) is 5.32 Å². The number of carbonyl (C=O) groups excluding carboxylic acids is 2. The van der Waals surface area contributed by atoms with E-state index < -0.39 is 18.1 Å². The minimum atomic E-state index is -1.18. The number of benzene rings is 2. The third-order valence-electron chi connectivity index (χ3n) is 5.32. The molecule has 1 heterocycles. The number of anilines is 1. The molecule has 2 aromatic carbocycles. The van der Waals surface area contributed by atoms with Crippen LogP contribution in [-0.4, -0.2) is 34.1 Å². The van der Waals surface area contributed by atoms with E-state index in [1.807, 2.05) is 31.2 Å². The first-order chi connectivity index (χ1) is 16.8. The van der Waals surface area contributed by atoms with E-state index in [1.165, 1.54) is 23.5 Å². The number of hydrogen-bond donors (Lipinski definition) is 3. The molecule has 7 nitrogen and oxygen atoms in total. The van der Waals surface area contributed by atoms with Crippen molar-refractivity contribution in [3.8, 4) is 16.2 Å². The number of aliphatic hydroxyl groups is 1. The molecule has 3 N–H and O–H groups in total. The molecule has 186 valence electrons. The molecule has 0 bridgehead atoms. The third kappa shape index (κ3) is 7.34. The van der Waals surface area contributed by atoms with Crippen LogP contribution in [0.1, 0.15) is 39.2 Å². The summed E-state index contributed by atoms with van der Waals surface area (Å²) in [5.41, 5.74) is 1.78. The van der Waals surface area contributed by atoms with Gasteiger partial charge >= 0.3 is 0 Å². The summed E-state index contributed by atoms with van der Waals surface area (Å²) >= 11 is 1.30. The highest BCUT2D eigenvalue weighted by Crippen LogP contribution is 2.32. The number of aromatic nitrogens is 1. The van der Waals surface area contributed by atoms with Crippen molar-refractivity contribution in [1.29, 1.82) is 0 Å². The molecule has 2 amide bonds. The van der Waals surface area contributed by atoms with Crippen LogP contribution >= 0.6 is 11.3 Å². The van der Waals surface area contributed by atoms with Gasteiger partial charge in [0.1, 0.15) is 30.3 Å². The second-order valence-corrected chi connectivity index (χ2v) is 9.49. The number of carbonyl (C=O) groups is 2. The topological polar surface area (TPSA) is 101 Å². The van der Waals surface area contributed by atoms with Crippen molar-refractivity contribution >= 4 is 28.3 Å². The van der Waals surface area contributed by atoms with E-state index in [0.717, 1.165) is 16.0 Å². The summed E-state index contributed by atoms with van der Waals surface area (Å²) < 4.78 is 19.2. The van der Waals surface area contributed by atoms with Crippen LogP contribution in [0.2, 0.25) is 0 Å². The Kier molecular flexibility index (Phi) is 9.33. The van der Waals surface area contributed by atoms with Gasteiger partial charge in [-0.15, -0.1) is 0 Å². The summed E-state index contributed by atoms with van der Waals surface area (Å²) in [5, 5.41) is 15.8. The Labute approximate surface area is 208 Å². The van der Waals surface area contributed by atoms with Crippen molar-refractivity contribution in [2.24, 2.45) is 5.92 Å². The van der Waals surface area contributed by atoms with Gasteiger partial charge in [-0.2, -0.15) is 0 Å². The first kappa shape index (κ1) is 26.3. The fourth-order valence-electron chi connectivity index (χ4n) is 3.37. The van der Waals surface area contributed by atoms with Gasteiger partial charge in [0.25, 0.3) is 0 Å². The minimum Gasteiger partial charge on any atom is -0.489 e. The van der Waals surface area contributed by atoms with Crippen LogP contribution in [0.15, 0.2) is 54.7 Å². The number of ether oxygens (including phenoxy) is 1. The molecule has 0 aliphatic carbocycles. The lowest BCUT2D eigenvalue weighted by atomic mass is 10.1. The Bertz CT molecular complexity index is 1150. The molecule has 0 unspecified atom stereocenters. The Morgan fingerprint density at radius 1 is 1.14 bits per heavy atom. The van der Waals surface area contributed by atoms with Gasteiger partial charge < -0.3 is 20.5 Å². The van der Waals surface area contributed by atoms with Crippen LogP contribution in [0, 0.1) is 11.7 Å². The second-order valence-electron chi connectivity index (χ2n) is 8.46. The highest BCUT2D eigenvalue weighted by atomic mass is 32.1. The molecule has 3 rings (SSSR count). The molecule has 0 aliphatic rings. The van der Waals surface area contributed by atoms with E-state index in [2.05, 4.69) is 15.6 Å². The van der Waals surface area contributed by atoms with Crippen molar-refractivity contribution in [3.05, 3.63) is 66.1 Å². The van der Waals surface area contributed by atoms with E-state index in [-0.39, 0.29) is 24.2 Å². The highest BCUT2D eigenvalue weighted by molar-refractivity contribution is 7.19. The number of rotatable bonds is 11. The molecule has 0 saturated carbocycles. The van der Waals surface area contributed by atoms with E-state index in [0.29, 0.717) is 23.7 Å². The standard InChI is InChI=1S/C26H30FN3O4S/c1-4-8-21(29-25(33)23(31)16(2)3)24(32)30-26-28-14-22(35-26)20-12-6-5-9-17(20)15-34-19-11-7-10-18(27)13-19/h5-7,9-14,16,21,23,31H,4,8,15H2,1-3H3,(H,29,33)(H,28,30,32)/t21-,23-/m0/s1. The monoisotopic (exact) mass is 499 g/mol. The molecule has 2 atom stereocenters. The van der Waals surface area contributed by atoms with Crippen LogP contribution in [0.5, 0.6) is 5.75 Å². The highest BCUT2D eigenvalue weighted by Gasteiger charge is 2.26. The zero-order valence-corrected chi connectivity index (χ0v) is 20.8. The van der Waals surface area contributed by atoms with Gasteiger partial charge in [0, 0.05) is 12.3 Å². The molecule has 1 aromatic heterocycles. The van der Waals surface area contributed by atoms with Crippen molar-refractivity contribution in [1.82, 2.24) is 10.3 Å². The lowest BCUT2D eigenvalue weighted by Gasteiger charge is -2.20. The summed E-state index contributed by atoms with van der Waals surface area (Å²) in [6, 6.07) is 12.8. The fourth-order valence-corrected chi connectivity index (χ4v) is 4.25. The van der Waals surface area contributed by atoms with E-state index in [1.54, 1.807) is 32.2 Å². The second kappa shape index (κ2) is 12.4. The van der Waals surface area contributed by atoms with Crippen LogP contribution in [0.3, 0.4) is 0 Å². The molecular formula is C26H30FN3O4S. The van der Waals surface area contributed by atoms with Gasteiger partial charge in [-0.05, 0) is 35.6 Å². The van der Waals surface area contributed by atoms with Gasteiger partial charge in [0.2, 0.25) is 11.8 Å². The molecule has 0 aliphatic heterocycles. The number of hydrogen-bond acceptors (Lipinski definition) is 6. The summed E-state index contributed by atoms with van der Waals surface area (Å²) in [4.78, 5) is 30.2.